The van der Waals surface area contributed by atoms with Crippen LogP contribution in [-0.4, -0.2) is 35.5 Å². The number of imide groups is 1. The van der Waals surface area contributed by atoms with Crippen molar-refractivity contribution in [3.8, 4) is 5.75 Å². The lowest BCUT2D eigenvalue weighted by molar-refractivity contribution is -0.122. The van der Waals surface area contributed by atoms with Gasteiger partial charge in [-0.1, -0.05) is 0 Å². The van der Waals surface area contributed by atoms with Crippen LogP contribution in [0.5, 0.6) is 5.75 Å². The second kappa shape index (κ2) is 6.76. The van der Waals surface area contributed by atoms with Gasteiger partial charge in [0.25, 0.3) is 11.1 Å². The summed E-state index contributed by atoms with van der Waals surface area (Å²) in [6, 6.07) is 9.85. The van der Waals surface area contributed by atoms with E-state index in [9.17, 15) is 14.4 Å². The number of rotatable bonds is 5. The Kier molecular flexibility index (Phi) is 4.52. The first-order valence-corrected chi connectivity index (χ1v) is 7.86. The average Bonchev–Trinajstić information content (AvgIpc) is 3.19. The first-order valence-electron chi connectivity index (χ1n) is 7.04. The molecule has 7 heteroatoms. The van der Waals surface area contributed by atoms with Gasteiger partial charge in [-0.2, -0.15) is 0 Å². The quantitative estimate of drug-likeness (QED) is 0.613. The molecule has 0 atom stereocenters. The number of carbonyl (C=O) groups excluding carboxylic acids is 3. The molecule has 24 heavy (non-hydrogen) atoms. The number of benzene rings is 1. The molecule has 0 saturated carbocycles. The number of ketones is 1. The summed E-state index contributed by atoms with van der Waals surface area (Å²) in [5.41, 5.74) is 0.407. The lowest BCUT2D eigenvalue weighted by atomic mass is 10.1. The van der Waals surface area contributed by atoms with Crippen molar-refractivity contribution < 1.29 is 23.5 Å². The fourth-order valence-corrected chi connectivity index (χ4v) is 2.97. The van der Waals surface area contributed by atoms with E-state index in [1.807, 2.05) is 0 Å². The average molecular weight is 343 g/mol. The van der Waals surface area contributed by atoms with E-state index < -0.39 is 11.1 Å². The topological polar surface area (TPSA) is 76.8 Å². The molecule has 3 rings (SSSR count). The molecule has 1 aromatic heterocycles. The lowest BCUT2D eigenvalue weighted by Gasteiger charge is -2.11. The molecule has 2 aromatic rings. The Morgan fingerprint density at radius 3 is 2.62 bits per heavy atom. The van der Waals surface area contributed by atoms with Crippen LogP contribution < -0.4 is 4.74 Å². The number of amides is 2. The molecule has 2 heterocycles. The molecule has 1 aliphatic rings. The fourth-order valence-electron chi connectivity index (χ4n) is 2.15. The zero-order chi connectivity index (χ0) is 17.1. The second-order valence-corrected chi connectivity index (χ2v) is 5.93. The number of methoxy groups -OCH3 is 1. The largest absolute Gasteiger partial charge is 0.497 e. The maximum atomic E-state index is 12.3. The zero-order valence-electron chi connectivity index (χ0n) is 12.7. The van der Waals surface area contributed by atoms with Crippen molar-refractivity contribution in [3.05, 3.63) is 58.9 Å². The highest BCUT2D eigenvalue weighted by Gasteiger charge is 2.36. The van der Waals surface area contributed by atoms with Gasteiger partial charge in [0.2, 0.25) is 0 Å². The van der Waals surface area contributed by atoms with Crippen LogP contribution >= 0.6 is 11.8 Å². The summed E-state index contributed by atoms with van der Waals surface area (Å²) < 4.78 is 10.2. The molecule has 2 amide bonds. The molecule has 0 bridgehead atoms. The SMILES string of the molecule is COc1ccc(C(=O)CN2C(=O)SC(=Cc3ccco3)C2=O)cc1. The molecule has 122 valence electrons. The molecule has 1 aromatic carbocycles. The maximum absolute atomic E-state index is 12.3. The number of nitrogens with zero attached hydrogens (tertiary/aromatic N) is 1. The maximum Gasteiger partial charge on any atom is 0.293 e. The molecule has 1 saturated heterocycles. The molecule has 1 aliphatic heterocycles. The highest BCUT2D eigenvalue weighted by Crippen LogP contribution is 2.32. The zero-order valence-corrected chi connectivity index (χ0v) is 13.5. The molecule has 0 unspecified atom stereocenters. The van der Waals surface area contributed by atoms with E-state index in [1.54, 1.807) is 36.4 Å². The van der Waals surface area contributed by atoms with Crippen LogP contribution in [0.1, 0.15) is 16.1 Å². The number of hydrogen-bond donors (Lipinski definition) is 0. The van der Waals surface area contributed by atoms with E-state index in [1.165, 1.54) is 19.4 Å². The Labute approximate surface area is 142 Å². The van der Waals surface area contributed by atoms with Crippen LogP contribution in [0.15, 0.2) is 52.0 Å². The number of hydrogen-bond acceptors (Lipinski definition) is 6. The highest BCUT2D eigenvalue weighted by molar-refractivity contribution is 8.18. The first-order chi connectivity index (χ1) is 11.6. The Morgan fingerprint density at radius 1 is 1.25 bits per heavy atom. The summed E-state index contributed by atoms with van der Waals surface area (Å²) in [4.78, 5) is 37.8. The van der Waals surface area contributed by atoms with Crippen molar-refractivity contribution in [2.24, 2.45) is 0 Å². The summed E-state index contributed by atoms with van der Waals surface area (Å²) >= 11 is 0.790. The predicted molar refractivity (Wildman–Crippen MR) is 88.7 cm³/mol. The number of furan rings is 1. The van der Waals surface area contributed by atoms with Crippen LogP contribution in [0.4, 0.5) is 4.79 Å². The predicted octanol–water partition coefficient (Wildman–Crippen LogP) is 3.21. The van der Waals surface area contributed by atoms with Gasteiger partial charge >= 0.3 is 0 Å². The van der Waals surface area contributed by atoms with Crippen molar-refractivity contribution in [2.75, 3.05) is 13.7 Å². The third-order valence-corrected chi connectivity index (χ3v) is 4.31. The van der Waals surface area contributed by atoms with Gasteiger partial charge in [-0.15, -0.1) is 0 Å². The summed E-state index contributed by atoms with van der Waals surface area (Å²) in [5, 5.41) is -0.473. The van der Waals surface area contributed by atoms with Gasteiger partial charge in [0.15, 0.2) is 5.78 Å². The van der Waals surface area contributed by atoms with E-state index >= 15 is 0 Å². The Balaban J connectivity index is 1.73. The highest BCUT2D eigenvalue weighted by atomic mass is 32.2. The molecule has 0 N–H and O–H groups in total. The van der Waals surface area contributed by atoms with E-state index in [-0.39, 0.29) is 17.2 Å². The molecule has 1 fully saturated rings. The molecular formula is C17H13NO5S. The monoisotopic (exact) mass is 343 g/mol. The van der Waals surface area contributed by atoms with Crippen LogP contribution in [-0.2, 0) is 4.79 Å². The van der Waals surface area contributed by atoms with Gasteiger partial charge in [0.05, 0.1) is 24.8 Å². The van der Waals surface area contributed by atoms with Gasteiger partial charge in [-0.25, -0.2) is 0 Å². The van der Waals surface area contributed by atoms with Gasteiger partial charge in [-0.3, -0.25) is 19.3 Å². The van der Waals surface area contributed by atoms with Crippen molar-refractivity contribution in [1.29, 1.82) is 0 Å². The number of thioether (sulfide) groups is 1. The standard InChI is InChI=1S/C17H13NO5S/c1-22-12-6-4-11(5-7-12)14(19)10-18-16(20)15(24-17(18)21)9-13-3-2-8-23-13/h2-9H,10H2,1H3. The summed E-state index contributed by atoms with van der Waals surface area (Å²) in [7, 11) is 1.53. The van der Waals surface area contributed by atoms with E-state index in [0.717, 1.165) is 16.7 Å². The van der Waals surface area contributed by atoms with E-state index in [2.05, 4.69) is 0 Å². The second-order valence-electron chi connectivity index (χ2n) is 4.93. The molecule has 6 nitrogen and oxygen atoms in total. The minimum atomic E-state index is -0.497. The number of Topliss-reactive ketones (excluding diaryl/α,β-unsaturated/α-hetero) is 1. The van der Waals surface area contributed by atoms with E-state index in [0.29, 0.717) is 17.1 Å². The number of ether oxygens (including phenoxy) is 1. The van der Waals surface area contributed by atoms with Crippen LogP contribution in [0.3, 0.4) is 0 Å². The van der Waals surface area contributed by atoms with Crippen LogP contribution in [0, 0.1) is 0 Å². The summed E-state index contributed by atoms with van der Waals surface area (Å²) in [6.07, 6.45) is 2.96. The van der Waals surface area contributed by atoms with Gasteiger partial charge in [-0.05, 0) is 48.2 Å². The summed E-state index contributed by atoms with van der Waals surface area (Å²) in [6.45, 7) is -0.299. The van der Waals surface area contributed by atoms with Crippen LogP contribution in [0.25, 0.3) is 6.08 Å². The fraction of sp³-hybridized carbons (Fsp3) is 0.118. The molecule has 0 radical (unpaired) electrons. The first kappa shape index (κ1) is 16.1. The Hall–Kier alpha value is -2.80. The van der Waals surface area contributed by atoms with Crippen molar-refractivity contribution in [1.82, 2.24) is 4.90 Å². The van der Waals surface area contributed by atoms with Gasteiger partial charge in [0, 0.05) is 11.6 Å². The van der Waals surface area contributed by atoms with Crippen LogP contribution in [0.2, 0.25) is 0 Å². The third-order valence-electron chi connectivity index (χ3n) is 3.40. The molecular weight excluding hydrogens is 330 g/mol. The minimum Gasteiger partial charge on any atom is -0.497 e. The normalized spacial score (nSPS) is 16.0. The van der Waals surface area contributed by atoms with Gasteiger partial charge < -0.3 is 9.15 Å². The number of carbonyl (C=O) groups is 3. The minimum absolute atomic E-state index is 0.234. The smallest absolute Gasteiger partial charge is 0.293 e. The Morgan fingerprint density at radius 2 is 2.00 bits per heavy atom. The summed E-state index contributed by atoms with van der Waals surface area (Å²) in [5.74, 6) is 0.281. The van der Waals surface area contributed by atoms with Crippen molar-refractivity contribution >= 4 is 34.8 Å². The molecule has 0 spiro atoms. The lowest BCUT2D eigenvalue weighted by Crippen LogP contribution is -2.33. The van der Waals surface area contributed by atoms with Crippen molar-refractivity contribution in [2.45, 2.75) is 0 Å². The molecule has 0 aliphatic carbocycles. The Bertz CT molecular complexity index is 808. The third kappa shape index (κ3) is 3.26. The van der Waals surface area contributed by atoms with Crippen molar-refractivity contribution in [3.63, 3.8) is 0 Å². The van der Waals surface area contributed by atoms with E-state index in [4.69, 9.17) is 9.15 Å². The van der Waals surface area contributed by atoms with Gasteiger partial charge in [0.1, 0.15) is 11.5 Å².